The molecule has 3 rings (SSSR count). The van der Waals surface area contributed by atoms with Crippen molar-refractivity contribution in [1.29, 1.82) is 0 Å². The number of rotatable bonds is 4. The molecular weight excluding hydrogens is 342 g/mol. The second-order valence-corrected chi connectivity index (χ2v) is 6.80. The minimum absolute atomic E-state index is 0.00856. The number of amides is 2. The van der Waals surface area contributed by atoms with Gasteiger partial charge >= 0.3 is 6.03 Å². The highest BCUT2D eigenvalue weighted by molar-refractivity contribution is 5.89. The predicted octanol–water partition coefficient (Wildman–Crippen LogP) is 2.77. The third-order valence-corrected chi connectivity index (χ3v) is 4.74. The second kappa shape index (κ2) is 7.03. The van der Waals surface area contributed by atoms with Crippen molar-refractivity contribution in [3.8, 4) is 0 Å². The molecule has 6 nitrogen and oxygen atoms in total. The molecule has 0 unspecified atom stereocenters. The van der Waals surface area contributed by atoms with Crippen LogP contribution in [0.3, 0.4) is 0 Å². The van der Waals surface area contributed by atoms with Crippen molar-refractivity contribution in [1.82, 2.24) is 14.7 Å². The molecule has 2 atom stereocenters. The number of aryl methyl sites for hydroxylation is 1. The number of benzene rings is 1. The second-order valence-electron chi connectivity index (χ2n) is 6.80. The Balaban J connectivity index is 1.71. The lowest BCUT2D eigenvalue weighted by Gasteiger charge is -2.18. The number of aliphatic hydroxyl groups is 1. The molecule has 1 aliphatic rings. The lowest BCUT2D eigenvalue weighted by atomic mass is 9.92. The summed E-state index contributed by atoms with van der Waals surface area (Å²) in [5.41, 5.74) is 1.13. The van der Waals surface area contributed by atoms with E-state index in [0.717, 1.165) is 12.5 Å². The average Bonchev–Trinajstić information content (AvgIpc) is 3.20. The third-order valence-electron chi connectivity index (χ3n) is 4.74. The van der Waals surface area contributed by atoms with Crippen LogP contribution in [0, 0.1) is 5.92 Å². The first-order valence-electron chi connectivity index (χ1n) is 8.41. The number of hydrogen-bond acceptors (Lipinski definition) is 3. The van der Waals surface area contributed by atoms with Gasteiger partial charge in [-0.15, -0.1) is 0 Å². The smallest absolute Gasteiger partial charge is 0.321 e. The van der Waals surface area contributed by atoms with Gasteiger partial charge in [-0.25, -0.2) is 13.6 Å². The van der Waals surface area contributed by atoms with Crippen LogP contribution < -0.4 is 5.32 Å². The molecule has 140 valence electrons. The highest BCUT2D eigenvalue weighted by Crippen LogP contribution is 2.33. The number of alkyl halides is 2. The number of carbonyl (C=O) groups excluding carboxylic acids is 1. The molecule has 8 heteroatoms. The SMILES string of the molecule is Cn1cc([C@@H]2CN(C(=O)Nc3cccc(C(C)(F)F)c3)C[C@H]2CO)cn1. The number of carbonyl (C=O) groups is 1. The van der Waals surface area contributed by atoms with Crippen LogP contribution in [0.2, 0.25) is 0 Å². The van der Waals surface area contributed by atoms with Crippen LogP contribution in [0.4, 0.5) is 19.3 Å². The monoisotopic (exact) mass is 364 g/mol. The Morgan fingerprint density at radius 2 is 2.19 bits per heavy atom. The van der Waals surface area contributed by atoms with E-state index in [9.17, 15) is 18.7 Å². The van der Waals surface area contributed by atoms with Gasteiger partial charge in [-0.05, 0) is 17.7 Å². The van der Waals surface area contributed by atoms with E-state index in [2.05, 4.69) is 10.4 Å². The summed E-state index contributed by atoms with van der Waals surface area (Å²) in [5, 5.41) is 16.5. The van der Waals surface area contributed by atoms with Crippen molar-refractivity contribution in [2.24, 2.45) is 13.0 Å². The van der Waals surface area contributed by atoms with Gasteiger partial charge in [-0.3, -0.25) is 4.68 Å². The van der Waals surface area contributed by atoms with Gasteiger partial charge in [0.05, 0.1) is 6.20 Å². The van der Waals surface area contributed by atoms with Crippen molar-refractivity contribution in [3.63, 3.8) is 0 Å². The number of aromatic nitrogens is 2. The maximum absolute atomic E-state index is 13.5. The molecule has 26 heavy (non-hydrogen) atoms. The topological polar surface area (TPSA) is 70.4 Å². The van der Waals surface area contributed by atoms with Crippen molar-refractivity contribution in [3.05, 3.63) is 47.8 Å². The van der Waals surface area contributed by atoms with Gasteiger partial charge in [0.15, 0.2) is 0 Å². The average molecular weight is 364 g/mol. The van der Waals surface area contributed by atoms with Gasteiger partial charge in [0.2, 0.25) is 0 Å². The Labute approximate surface area is 150 Å². The zero-order valence-electron chi connectivity index (χ0n) is 14.7. The van der Waals surface area contributed by atoms with Crippen LogP contribution in [0.25, 0.3) is 0 Å². The fourth-order valence-electron chi connectivity index (χ4n) is 3.30. The normalized spacial score (nSPS) is 20.4. The summed E-state index contributed by atoms with van der Waals surface area (Å²) in [6, 6.07) is 5.29. The highest BCUT2D eigenvalue weighted by atomic mass is 19.3. The zero-order chi connectivity index (χ0) is 18.9. The number of urea groups is 1. The number of halogens is 2. The van der Waals surface area contributed by atoms with Gasteiger partial charge < -0.3 is 15.3 Å². The van der Waals surface area contributed by atoms with E-state index >= 15 is 0 Å². The minimum atomic E-state index is -2.97. The maximum Gasteiger partial charge on any atom is 0.321 e. The molecule has 1 aromatic carbocycles. The standard InChI is InChI=1S/C18H22F2N4O2/c1-18(19,20)14-4-3-5-15(6-14)22-17(26)24-9-13(11-25)16(10-24)12-7-21-23(2)8-12/h3-8,13,16,25H,9-11H2,1-2H3,(H,22,26)/t13-,16-/m0/s1. The molecular formula is C18H22F2N4O2. The number of hydrogen-bond donors (Lipinski definition) is 2. The summed E-state index contributed by atoms with van der Waals surface area (Å²) in [5.74, 6) is -3.07. The predicted molar refractivity (Wildman–Crippen MR) is 93.1 cm³/mol. The summed E-state index contributed by atoms with van der Waals surface area (Å²) in [7, 11) is 1.81. The fourth-order valence-corrected chi connectivity index (χ4v) is 3.30. The van der Waals surface area contributed by atoms with Crippen LogP contribution in [0.15, 0.2) is 36.7 Å². The third kappa shape index (κ3) is 3.85. The molecule has 0 bridgehead atoms. The summed E-state index contributed by atoms with van der Waals surface area (Å²) in [4.78, 5) is 14.1. The first-order chi connectivity index (χ1) is 12.3. The van der Waals surface area contributed by atoms with Crippen molar-refractivity contribution >= 4 is 11.7 Å². The summed E-state index contributed by atoms with van der Waals surface area (Å²) in [6.07, 6.45) is 3.61. The molecule has 0 spiro atoms. The van der Waals surface area contributed by atoms with Gasteiger partial charge in [-0.1, -0.05) is 12.1 Å². The molecule has 2 amide bonds. The molecule has 1 saturated heterocycles. The van der Waals surface area contributed by atoms with E-state index in [4.69, 9.17) is 0 Å². The summed E-state index contributed by atoms with van der Waals surface area (Å²) < 4.78 is 28.6. The van der Waals surface area contributed by atoms with Gasteiger partial charge in [0, 0.05) is 63.0 Å². The Morgan fingerprint density at radius 3 is 2.81 bits per heavy atom. The zero-order valence-corrected chi connectivity index (χ0v) is 14.7. The number of aliphatic hydroxyl groups excluding tert-OH is 1. The van der Waals surface area contributed by atoms with Crippen LogP contribution in [-0.2, 0) is 13.0 Å². The number of nitrogens with zero attached hydrogens (tertiary/aromatic N) is 3. The molecule has 1 aliphatic heterocycles. The highest BCUT2D eigenvalue weighted by Gasteiger charge is 2.36. The number of likely N-dealkylation sites (tertiary alicyclic amines) is 1. The van der Waals surface area contributed by atoms with E-state index in [1.807, 2.05) is 13.2 Å². The van der Waals surface area contributed by atoms with Crippen molar-refractivity contribution in [2.75, 3.05) is 25.0 Å². The van der Waals surface area contributed by atoms with Crippen LogP contribution in [0.5, 0.6) is 0 Å². The number of nitrogens with one attached hydrogen (secondary N) is 1. The Kier molecular flexibility index (Phi) is 4.95. The fraction of sp³-hybridized carbons (Fsp3) is 0.444. The van der Waals surface area contributed by atoms with Crippen LogP contribution >= 0.6 is 0 Å². The minimum Gasteiger partial charge on any atom is -0.396 e. The summed E-state index contributed by atoms with van der Waals surface area (Å²) in [6.45, 7) is 1.61. The quantitative estimate of drug-likeness (QED) is 0.876. The Hall–Kier alpha value is -2.48. The molecule has 0 saturated carbocycles. The van der Waals surface area contributed by atoms with Gasteiger partial charge in [-0.2, -0.15) is 5.10 Å². The number of anilines is 1. The molecule has 0 radical (unpaired) electrons. The Morgan fingerprint density at radius 1 is 1.42 bits per heavy atom. The first-order valence-corrected chi connectivity index (χ1v) is 8.41. The van der Waals surface area contributed by atoms with E-state index < -0.39 is 5.92 Å². The molecule has 0 aliphatic carbocycles. The lowest BCUT2D eigenvalue weighted by Crippen LogP contribution is -2.33. The molecule has 2 heterocycles. The van der Waals surface area contributed by atoms with E-state index in [1.165, 1.54) is 18.2 Å². The van der Waals surface area contributed by atoms with Crippen molar-refractivity contribution < 1.29 is 18.7 Å². The van der Waals surface area contributed by atoms with Crippen LogP contribution in [0.1, 0.15) is 24.0 Å². The van der Waals surface area contributed by atoms with Crippen molar-refractivity contribution in [2.45, 2.75) is 18.8 Å². The van der Waals surface area contributed by atoms with Gasteiger partial charge in [0.1, 0.15) is 0 Å². The van der Waals surface area contributed by atoms with E-state index in [-0.39, 0.29) is 30.0 Å². The Bertz CT molecular complexity index is 787. The lowest BCUT2D eigenvalue weighted by molar-refractivity contribution is 0.0175. The molecule has 2 N–H and O–H groups in total. The van der Waals surface area contributed by atoms with Crippen LogP contribution in [-0.4, -0.2) is 45.5 Å². The summed E-state index contributed by atoms with van der Waals surface area (Å²) >= 11 is 0. The largest absolute Gasteiger partial charge is 0.396 e. The van der Waals surface area contributed by atoms with E-state index in [1.54, 1.807) is 21.8 Å². The maximum atomic E-state index is 13.5. The van der Waals surface area contributed by atoms with Gasteiger partial charge in [0.25, 0.3) is 5.92 Å². The van der Waals surface area contributed by atoms with E-state index in [0.29, 0.717) is 18.8 Å². The molecule has 1 aromatic heterocycles. The first kappa shape index (κ1) is 18.3. The molecule has 1 fully saturated rings. The molecule has 2 aromatic rings.